The summed E-state index contributed by atoms with van der Waals surface area (Å²) in [5, 5.41) is 0. The van der Waals surface area contributed by atoms with E-state index < -0.39 is 17.7 Å². The van der Waals surface area contributed by atoms with Gasteiger partial charge in [-0.1, -0.05) is 6.92 Å². The lowest BCUT2D eigenvalue weighted by Crippen LogP contribution is -2.43. The molecule has 0 aliphatic carbocycles. The number of Topliss-reactive ketones (excluding diaryl/α,β-unsaturated/α-hetero) is 1. The summed E-state index contributed by atoms with van der Waals surface area (Å²) in [4.78, 5) is 25.7. The molecule has 1 aliphatic rings. The summed E-state index contributed by atoms with van der Waals surface area (Å²) in [6.07, 6.45) is 1.32. The van der Waals surface area contributed by atoms with E-state index in [0.29, 0.717) is 19.4 Å². The Morgan fingerprint density at radius 3 is 2.42 bits per heavy atom. The minimum absolute atomic E-state index is 0.0849. The van der Waals surface area contributed by atoms with Crippen molar-refractivity contribution in [1.29, 1.82) is 0 Å². The van der Waals surface area contributed by atoms with Crippen LogP contribution in [0.3, 0.4) is 0 Å². The van der Waals surface area contributed by atoms with Crippen molar-refractivity contribution in [2.24, 2.45) is 0 Å². The smallest absolute Gasteiger partial charge is 0.410 e. The van der Waals surface area contributed by atoms with Gasteiger partial charge in [0.25, 0.3) is 0 Å². The molecule has 0 aromatic carbocycles. The summed E-state index contributed by atoms with van der Waals surface area (Å²) in [5.74, 6) is 0.0907. The number of likely N-dealkylation sites (tertiary alicyclic amines) is 1. The molecule has 0 aromatic rings. The summed E-state index contributed by atoms with van der Waals surface area (Å²) >= 11 is 0. The monoisotopic (exact) mass is 271 g/mol. The lowest BCUT2D eigenvalue weighted by Gasteiger charge is -2.27. The maximum Gasteiger partial charge on any atom is 0.410 e. The summed E-state index contributed by atoms with van der Waals surface area (Å²) in [6, 6.07) is -0.403. The van der Waals surface area contributed by atoms with Crippen LogP contribution >= 0.6 is 0 Å². The third-order valence-corrected chi connectivity index (χ3v) is 3.09. The number of amides is 1. The molecule has 0 N–H and O–H groups in total. The Bertz CT molecular complexity index is 335. The van der Waals surface area contributed by atoms with Crippen molar-refractivity contribution >= 4 is 11.9 Å². The van der Waals surface area contributed by atoms with Gasteiger partial charge in [0.2, 0.25) is 0 Å². The summed E-state index contributed by atoms with van der Waals surface area (Å²) in [6.45, 7) is 7.83. The molecule has 1 rings (SSSR count). The molecule has 0 bridgehead atoms. The van der Waals surface area contributed by atoms with Gasteiger partial charge in [0.1, 0.15) is 5.60 Å². The first-order valence-corrected chi connectivity index (χ1v) is 6.83. The molecular formula is C14H25NO4. The summed E-state index contributed by atoms with van der Waals surface area (Å²) in [7, 11) is 1.60. The van der Waals surface area contributed by atoms with E-state index in [1.165, 1.54) is 4.90 Å². The maximum atomic E-state index is 12.1. The van der Waals surface area contributed by atoms with Crippen molar-refractivity contribution in [2.75, 3.05) is 13.7 Å². The zero-order valence-corrected chi connectivity index (χ0v) is 12.6. The van der Waals surface area contributed by atoms with Crippen molar-refractivity contribution in [2.45, 2.75) is 64.7 Å². The Labute approximate surface area is 115 Å². The minimum Gasteiger partial charge on any atom is -0.444 e. The van der Waals surface area contributed by atoms with E-state index in [9.17, 15) is 9.59 Å². The maximum absolute atomic E-state index is 12.1. The van der Waals surface area contributed by atoms with E-state index in [4.69, 9.17) is 9.47 Å². The van der Waals surface area contributed by atoms with Crippen LogP contribution < -0.4 is 0 Å². The van der Waals surface area contributed by atoms with Crippen molar-refractivity contribution in [1.82, 2.24) is 4.90 Å². The van der Waals surface area contributed by atoms with Gasteiger partial charge in [-0.05, 0) is 27.2 Å². The fraction of sp³-hybridized carbons (Fsp3) is 0.857. The number of hydrogen-bond donors (Lipinski definition) is 0. The summed E-state index contributed by atoms with van der Waals surface area (Å²) in [5.41, 5.74) is -0.555. The average molecular weight is 271 g/mol. The Balaban J connectivity index is 2.76. The molecule has 2 atom stereocenters. The molecule has 110 valence electrons. The highest BCUT2D eigenvalue weighted by atomic mass is 16.6. The molecule has 1 amide bonds. The third-order valence-electron chi connectivity index (χ3n) is 3.09. The van der Waals surface area contributed by atoms with E-state index in [0.717, 1.165) is 6.42 Å². The van der Waals surface area contributed by atoms with Crippen LogP contribution in [-0.2, 0) is 14.3 Å². The van der Waals surface area contributed by atoms with E-state index in [-0.39, 0.29) is 11.9 Å². The molecule has 1 aliphatic heterocycles. The van der Waals surface area contributed by atoms with E-state index in [1.54, 1.807) is 7.11 Å². The standard InChI is InChI=1S/C14H25NO4/c1-6-7-12(16)11-8-10(18-5)9-15(11)13(17)19-14(2,3)4/h10-11H,6-9H2,1-5H3/t10?,11-/m0/s1. The van der Waals surface area contributed by atoms with Gasteiger partial charge in [-0.25, -0.2) is 4.79 Å². The largest absolute Gasteiger partial charge is 0.444 e. The highest BCUT2D eigenvalue weighted by molar-refractivity contribution is 5.88. The number of carbonyl (C=O) groups is 2. The van der Waals surface area contributed by atoms with Gasteiger partial charge in [0.05, 0.1) is 18.7 Å². The molecule has 0 spiro atoms. The zero-order valence-electron chi connectivity index (χ0n) is 12.6. The number of hydrogen-bond acceptors (Lipinski definition) is 4. The van der Waals surface area contributed by atoms with Crippen LogP contribution in [0.5, 0.6) is 0 Å². The van der Waals surface area contributed by atoms with Gasteiger partial charge < -0.3 is 9.47 Å². The van der Waals surface area contributed by atoms with Gasteiger partial charge in [-0.15, -0.1) is 0 Å². The molecule has 1 saturated heterocycles. The second-order valence-corrected chi connectivity index (χ2v) is 5.96. The highest BCUT2D eigenvalue weighted by Gasteiger charge is 2.40. The lowest BCUT2D eigenvalue weighted by atomic mass is 10.1. The topological polar surface area (TPSA) is 55.8 Å². The molecule has 0 saturated carbocycles. The zero-order chi connectivity index (χ0) is 14.6. The van der Waals surface area contributed by atoms with Gasteiger partial charge in [-0.2, -0.15) is 0 Å². The average Bonchev–Trinajstić information content (AvgIpc) is 2.71. The fourth-order valence-electron chi connectivity index (χ4n) is 2.21. The highest BCUT2D eigenvalue weighted by Crippen LogP contribution is 2.24. The summed E-state index contributed by atoms with van der Waals surface area (Å²) < 4.78 is 10.6. The van der Waals surface area contributed by atoms with Crippen molar-refractivity contribution in [3.63, 3.8) is 0 Å². The van der Waals surface area contributed by atoms with Crippen LogP contribution in [-0.4, -0.2) is 48.2 Å². The third kappa shape index (κ3) is 4.49. The molecular weight excluding hydrogens is 246 g/mol. The van der Waals surface area contributed by atoms with Crippen LogP contribution in [0.15, 0.2) is 0 Å². The van der Waals surface area contributed by atoms with Gasteiger partial charge in [0, 0.05) is 20.0 Å². The first-order valence-electron chi connectivity index (χ1n) is 6.83. The normalized spacial score (nSPS) is 23.5. The Kier molecular flexibility index (Phi) is 5.35. The lowest BCUT2D eigenvalue weighted by molar-refractivity contribution is -0.123. The van der Waals surface area contributed by atoms with Crippen LogP contribution in [0.2, 0.25) is 0 Å². The van der Waals surface area contributed by atoms with Gasteiger partial charge >= 0.3 is 6.09 Å². The van der Waals surface area contributed by atoms with Crippen molar-refractivity contribution in [3.8, 4) is 0 Å². The number of carbonyl (C=O) groups excluding carboxylic acids is 2. The number of ketones is 1. The Morgan fingerprint density at radius 2 is 1.95 bits per heavy atom. The van der Waals surface area contributed by atoms with E-state index >= 15 is 0 Å². The molecule has 1 fully saturated rings. The Hall–Kier alpha value is -1.10. The predicted octanol–water partition coefficient (Wildman–Crippen LogP) is 2.38. The molecule has 5 nitrogen and oxygen atoms in total. The first kappa shape index (κ1) is 16.0. The van der Waals surface area contributed by atoms with Gasteiger partial charge in [-0.3, -0.25) is 9.69 Å². The predicted molar refractivity (Wildman–Crippen MR) is 72.1 cm³/mol. The minimum atomic E-state index is -0.555. The second-order valence-electron chi connectivity index (χ2n) is 5.96. The quantitative estimate of drug-likeness (QED) is 0.787. The number of methoxy groups -OCH3 is 1. The first-order chi connectivity index (χ1) is 8.78. The van der Waals surface area contributed by atoms with Crippen LogP contribution in [0.4, 0.5) is 4.79 Å². The fourth-order valence-corrected chi connectivity index (χ4v) is 2.21. The number of rotatable bonds is 4. The SMILES string of the molecule is CCCC(=O)[C@@H]1CC(OC)CN1C(=O)OC(C)(C)C. The van der Waals surface area contributed by atoms with Crippen LogP contribution in [0, 0.1) is 0 Å². The van der Waals surface area contributed by atoms with E-state index in [1.807, 2.05) is 27.7 Å². The number of nitrogens with zero attached hydrogens (tertiary/aromatic N) is 1. The van der Waals surface area contributed by atoms with Crippen molar-refractivity contribution in [3.05, 3.63) is 0 Å². The van der Waals surface area contributed by atoms with Crippen molar-refractivity contribution < 1.29 is 19.1 Å². The Morgan fingerprint density at radius 1 is 1.32 bits per heavy atom. The molecule has 19 heavy (non-hydrogen) atoms. The van der Waals surface area contributed by atoms with Crippen LogP contribution in [0.25, 0.3) is 0 Å². The number of ether oxygens (including phenoxy) is 2. The molecule has 0 radical (unpaired) electrons. The second kappa shape index (κ2) is 6.37. The van der Waals surface area contributed by atoms with Crippen LogP contribution in [0.1, 0.15) is 47.0 Å². The van der Waals surface area contributed by atoms with E-state index in [2.05, 4.69) is 0 Å². The molecule has 5 heteroatoms. The molecule has 1 unspecified atom stereocenters. The molecule has 0 aromatic heterocycles. The van der Waals surface area contributed by atoms with Gasteiger partial charge in [0.15, 0.2) is 5.78 Å². The molecule has 1 heterocycles.